The van der Waals surface area contributed by atoms with Crippen LogP contribution in [0.3, 0.4) is 0 Å². The predicted molar refractivity (Wildman–Crippen MR) is 87.1 cm³/mol. The molecule has 2 saturated heterocycles. The van der Waals surface area contributed by atoms with Gasteiger partial charge in [-0.25, -0.2) is 4.79 Å². The largest absolute Gasteiger partial charge is 0.368 e. The zero-order chi connectivity index (χ0) is 16.1. The average molecular weight is 323 g/mol. The molecular weight excluding hydrogens is 294 g/mol. The van der Waals surface area contributed by atoms with E-state index < -0.39 is 0 Å². The van der Waals surface area contributed by atoms with Gasteiger partial charge in [-0.3, -0.25) is 4.79 Å². The zero-order valence-corrected chi connectivity index (χ0v) is 13.9. The minimum absolute atomic E-state index is 0.0409. The molecule has 2 heterocycles. The number of hydrogen-bond acceptors (Lipinski definition) is 3. The third kappa shape index (κ3) is 4.59. The Kier molecular flexibility index (Phi) is 5.75. The van der Waals surface area contributed by atoms with Gasteiger partial charge in [-0.05, 0) is 38.5 Å². The molecule has 3 rings (SSSR count). The molecule has 0 bridgehead atoms. The lowest BCUT2D eigenvalue weighted by Gasteiger charge is -2.34. The Morgan fingerprint density at radius 3 is 2.09 bits per heavy atom. The van der Waals surface area contributed by atoms with Crippen molar-refractivity contribution >= 4 is 11.9 Å². The summed E-state index contributed by atoms with van der Waals surface area (Å²) in [6, 6.07) is 0.470. The number of nitrogens with zero attached hydrogens (tertiary/aromatic N) is 1. The van der Waals surface area contributed by atoms with Crippen LogP contribution in [0.15, 0.2) is 0 Å². The van der Waals surface area contributed by atoms with Crippen molar-refractivity contribution in [1.82, 2.24) is 15.5 Å². The van der Waals surface area contributed by atoms with Crippen molar-refractivity contribution in [3.8, 4) is 0 Å². The number of ether oxygens (including phenoxy) is 1. The number of hydrogen-bond donors (Lipinski definition) is 2. The van der Waals surface area contributed by atoms with E-state index in [1.165, 1.54) is 19.3 Å². The molecule has 0 aromatic rings. The van der Waals surface area contributed by atoms with Gasteiger partial charge in [0.05, 0.1) is 0 Å². The highest BCUT2D eigenvalue weighted by molar-refractivity contribution is 5.81. The van der Waals surface area contributed by atoms with Crippen molar-refractivity contribution in [3.63, 3.8) is 0 Å². The SMILES string of the molecule is O=C(NC1CCCCC1)NC1CCN(C(=O)C2CCCO2)CC1. The molecule has 6 nitrogen and oxygen atoms in total. The zero-order valence-electron chi connectivity index (χ0n) is 13.9. The van der Waals surface area contributed by atoms with Crippen LogP contribution < -0.4 is 10.6 Å². The highest BCUT2D eigenvalue weighted by atomic mass is 16.5. The van der Waals surface area contributed by atoms with Crippen LogP contribution in [0.25, 0.3) is 0 Å². The van der Waals surface area contributed by atoms with E-state index in [9.17, 15) is 9.59 Å². The second-order valence-corrected chi connectivity index (χ2v) is 7.05. The molecule has 3 amide bonds. The monoisotopic (exact) mass is 323 g/mol. The number of piperidine rings is 1. The summed E-state index contributed by atoms with van der Waals surface area (Å²) in [6.45, 7) is 2.13. The second kappa shape index (κ2) is 7.99. The van der Waals surface area contributed by atoms with E-state index >= 15 is 0 Å². The van der Waals surface area contributed by atoms with E-state index in [0.29, 0.717) is 25.7 Å². The van der Waals surface area contributed by atoms with E-state index in [4.69, 9.17) is 4.74 Å². The van der Waals surface area contributed by atoms with Crippen molar-refractivity contribution in [2.45, 2.75) is 76.0 Å². The molecule has 3 fully saturated rings. The van der Waals surface area contributed by atoms with Gasteiger partial charge in [0.1, 0.15) is 6.10 Å². The maximum Gasteiger partial charge on any atom is 0.315 e. The molecule has 1 atom stereocenters. The third-order valence-corrected chi connectivity index (χ3v) is 5.29. The molecule has 2 N–H and O–H groups in total. The van der Waals surface area contributed by atoms with Crippen LogP contribution in [-0.2, 0) is 9.53 Å². The highest BCUT2D eigenvalue weighted by Crippen LogP contribution is 2.19. The van der Waals surface area contributed by atoms with Gasteiger partial charge in [-0.15, -0.1) is 0 Å². The Hall–Kier alpha value is -1.30. The van der Waals surface area contributed by atoms with Crippen LogP contribution in [-0.4, -0.2) is 54.7 Å². The number of nitrogens with one attached hydrogen (secondary N) is 2. The summed E-state index contributed by atoms with van der Waals surface area (Å²) in [5, 5.41) is 6.17. The van der Waals surface area contributed by atoms with Crippen LogP contribution in [0.1, 0.15) is 57.8 Å². The molecular formula is C17H29N3O3. The van der Waals surface area contributed by atoms with Crippen LogP contribution in [0.2, 0.25) is 0 Å². The summed E-state index contributed by atoms with van der Waals surface area (Å²) in [7, 11) is 0. The molecule has 0 aromatic carbocycles. The quantitative estimate of drug-likeness (QED) is 0.832. The predicted octanol–water partition coefficient (Wildman–Crippen LogP) is 1.79. The minimum atomic E-state index is -0.228. The first kappa shape index (κ1) is 16.6. The van der Waals surface area contributed by atoms with Crippen molar-refractivity contribution < 1.29 is 14.3 Å². The summed E-state index contributed by atoms with van der Waals surface area (Å²) in [6.07, 6.45) is 9.18. The van der Waals surface area contributed by atoms with Crippen LogP contribution in [0.5, 0.6) is 0 Å². The fraction of sp³-hybridized carbons (Fsp3) is 0.882. The number of rotatable bonds is 3. The molecule has 1 saturated carbocycles. The molecule has 23 heavy (non-hydrogen) atoms. The topological polar surface area (TPSA) is 70.7 Å². The summed E-state index contributed by atoms with van der Waals surface area (Å²) >= 11 is 0. The molecule has 0 radical (unpaired) electrons. The third-order valence-electron chi connectivity index (χ3n) is 5.29. The Labute approximate surface area is 138 Å². The number of likely N-dealkylation sites (tertiary alicyclic amines) is 1. The van der Waals surface area contributed by atoms with Gasteiger partial charge in [0.2, 0.25) is 0 Å². The van der Waals surface area contributed by atoms with E-state index in [2.05, 4.69) is 10.6 Å². The molecule has 1 aliphatic carbocycles. The van der Waals surface area contributed by atoms with Crippen LogP contribution >= 0.6 is 0 Å². The van der Waals surface area contributed by atoms with Gasteiger partial charge in [-0.1, -0.05) is 19.3 Å². The molecule has 0 spiro atoms. The number of carbonyl (C=O) groups excluding carboxylic acids is 2. The standard InChI is InChI=1S/C17H29N3O3/c21-16(15-7-4-12-23-15)20-10-8-14(9-11-20)19-17(22)18-13-5-2-1-3-6-13/h13-15H,1-12H2,(H2,18,19,22). The van der Waals surface area contributed by atoms with Crippen molar-refractivity contribution in [3.05, 3.63) is 0 Å². The summed E-state index contributed by atoms with van der Waals surface area (Å²) in [5.74, 6) is 0.132. The molecule has 3 aliphatic rings. The molecule has 130 valence electrons. The molecule has 6 heteroatoms. The first-order chi connectivity index (χ1) is 11.2. The summed E-state index contributed by atoms with van der Waals surface area (Å²) in [5.41, 5.74) is 0. The van der Waals surface area contributed by atoms with Crippen molar-refractivity contribution in [1.29, 1.82) is 0 Å². The fourth-order valence-electron chi connectivity index (χ4n) is 3.88. The van der Waals surface area contributed by atoms with E-state index in [1.54, 1.807) is 0 Å². The van der Waals surface area contributed by atoms with E-state index in [1.807, 2.05) is 4.90 Å². The van der Waals surface area contributed by atoms with Gasteiger partial charge in [0.25, 0.3) is 5.91 Å². The Morgan fingerprint density at radius 1 is 0.826 bits per heavy atom. The van der Waals surface area contributed by atoms with Crippen molar-refractivity contribution in [2.24, 2.45) is 0 Å². The first-order valence-electron chi connectivity index (χ1n) is 9.20. The Balaban J connectivity index is 1.36. The van der Waals surface area contributed by atoms with Crippen LogP contribution in [0, 0.1) is 0 Å². The first-order valence-corrected chi connectivity index (χ1v) is 9.20. The molecule has 1 unspecified atom stereocenters. The average Bonchev–Trinajstić information content (AvgIpc) is 3.10. The minimum Gasteiger partial charge on any atom is -0.368 e. The molecule has 2 aliphatic heterocycles. The number of urea groups is 1. The van der Waals surface area contributed by atoms with Gasteiger partial charge in [0.15, 0.2) is 0 Å². The maximum atomic E-state index is 12.3. The smallest absolute Gasteiger partial charge is 0.315 e. The summed E-state index contributed by atoms with van der Waals surface area (Å²) < 4.78 is 5.47. The van der Waals surface area contributed by atoms with Crippen molar-refractivity contribution in [2.75, 3.05) is 19.7 Å². The number of amides is 3. The lowest BCUT2D eigenvalue weighted by molar-refractivity contribution is -0.142. The van der Waals surface area contributed by atoms with E-state index in [0.717, 1.165) is 38.5 Å². The second-order valence-electron chi connectivity index (χ2n) is 7.05. The van der Waals surface area contributed by atoms with Gasteiger partial charge in [0, 0.05) is 31.8 Å². The lowest BCUT2D eigenvalue weighted by Crippen LogP contribution is -2.52. The highest BCUT2D eigenvalue weighted by Gasteiger charge is 2.31. The lowest BCUT2D eigenvalue weighted by atomic mass is 9.96. The Bertz CT molecular complexity index is 409. The summed E-state index contributed by atoms with van der Waals surface area (Å²) in [4.78, 5) is 26.3. The molecule has 0 aromatic heterocycles. The Morgan fingerprint density at radius 2 is 1.48 bits per heavy atom. The normalized spacial score (nSPS) is 27.0. The van der Waals surface area contributed by atoms with Crippen LogP contribution in [0.4, 0.5) is 4.79 Å². The van der Waals surface area contributed by atoms with E-state index in [-0.39, 0.29) is 24.1 Å². The number of carbonyl (C=O) groups is 2. The van der Waals surface area contributed by atoms with Gasteiger partial charge >= 0.3 is 6.03 Å². The fourth-order valence-corrected chi connectivity index (χ4v) is 3.88. The van der Waals surface area contributed by atoms with Gasteiger partial charge < -0.3 is 20.3 Å². The van der Waals surface area contributed by atoms with Gasteiger partial charge in [-0.2, -0.15) is 0 Å². The maximum absolute atomic E-state index is 12.3.